The first kappa shape index (κ1) is 18.6. The molecule has 0 radical (unpaired) electrons. The van der Waals surface area contributed by atoms with Crippen LogP contribution in [0.1, 0.15) is 12.5 Å². The number of aromatic nitrogens is 3. The van der Waals surface area contributed by atoms with Crippen LogP contribution in [0.15, 0.2) is 72.9 Å². The summed E-state index contributed by atoms with van der Waals surface area (Å²) in [4.78, 5) is 4.70. The van der Waals surface area contributed by atoms with Gasteiger partial charge in [0.25, 0.3) is 0 Å². The molecule has 148 valence electrons. The zero-order valence-corrected chi connectivity index (χ0v) is 17.5. The molecule has 0 atom stereocenters. The molecule has 2 heterocycles. The molecule has 0 aliphatic heterocycles. The van der Waals surface area contributed by atoms with E-state index in [9.17, 15) is 0 Å². The molecule has 0 fully saturated rings. The van der Waals surface area contributed by atoms with Crippen LogP contribution in [0.2, 0.25) is 5.02 Å². The van der Waals surface area contributed by atoms with Crippen molar-refractivity contribution in [2.45, 2.75) is 13.8 Å². The van der Waals surface area contributed by atoms with Crippen molar-refractivity contribution < 1.29 is 4.74 Å². The van der Waals surface area contributed by atoms with Gasteiger partial charge in [-0.25, -0.2) is 4.68 Å². The van der Waals surface area contributed by atoms with E-state index in [1.165, 1.54) is 5.56 Å². The van der Waals surface area contributed by atoms with Crippen LogP contribution in [0.4, 0.5) is 0 Å². The first-order chi connectivity index (χ1) is 14.6. The Balaban J connectivity index is 1.87. The number of hydrogen-bond donors (Lipinski definition) is 0. The Bertz CT molecular complexity index is 1370. The van der Waals surface area contributed by atoms with Gasteiger partial charge in [0.2, 0.25) is 0 Å². The van der Waals surface area contributed by atoms with Crippen LogP contribution in [0.3, 0.4) is 0 Å². The number of hydrogen-bond acceptors (Lipinski definition) is 3. The van der Waals surface area contributed by atoms with Crippen LogP contribution in [0.5, 0.6) is 5.75 Å². The van der Waals surface area contributed by atoms with E-state index in [-0.39, 0.29) is 0 Å². The molecule has 3 aromatic carbocycles. The Morgan fingerprint density at radius 3 is 2.57 bits per heavy atom. The molecule has 0 aliphatic carbocycles. The highest BCUT2D eigenvalue weighted by molar-refractivity contribution is 6.30. The van der Waals surface area contributed by atoms with Crippen molar-refractivity contribution in [1.29, 1.82) is 0 Å². The monoisotopic (exact) mass is 413 g/mol. The molecule has 0 N–H and O–H groups in total. The van der Waals surface area contributed by atoms with E-state index in [0.717, 1.165) is 44.5 Å². The van der Waals surface area contributed by atoms with Crippen molar-refractivity contribution >= 4 is 33.4 Å². The van der Waals surface area contributed by atoms with Gasteiger partial charge in [0.15, 0.2) is 0 Å². The summed E-state index contributed by atoms with van der Waals surface area (Å²) < 4.78 is 7.71. The van der Waals surface area contributed by atoms with Gasteiger partial charge >= 0.3 is 0 Å². The quantitative estimate of drug-likeness (QED) is 0.333. The van der Waals surface area contributed by atoms with Gasteiger partial charge in [-0.15, -0.1) is 0 Å². The third-order valence-corrected chi connectivity index (χ3v) is 5.40. The zero-order chi connectivity index (χ0) is 20.7. The minimum Gasteiger partial charge on any atom is -0.494 e. The molecule has 0 aliphatic rings. The number of nitrogens with zero attached hydrogens (tertiary/aromatic N) is 3. The summed E-state index contributed by atoms with van der Waals surface area (Å²) in [5.74, 6) is 0.815. The van der Waals surface area contributed by atoms with E-state index in [2.05, 4.69) is 31.2 Å². The van der Waals surface area contributed by atoms with Crippen molar-refractivity contribution in [2.75, 3.05) is 6.61 Å². The summed E-state index contributed by atoms with van der Waals surface area (Å²) in [7, 11) is 0. The molecule has 4 nitrogen and oxygen atoms in total. The molecule has 0 saturated carbocycles. The van der Waals surface area contributed by atoms with Gasteiger partial charge in [0.05, 0.1) is 23.3 Å². The average molecular weight is 414 g/mol. The summed E-state index contributed by atoms with van der Waals surface area (Å²) in [6.45, 7) is 4.67. The van der Waals surface area contributed by atoms with Gasteiger partial charge < -0.3 is 4.74 Å². The summed E-state index contributed by atoms with van der Waals surface area (Å²) in [6, 6.07) is 22.1. The lowest BCUT2D eigenvalue weighted by Crippen LogP contribution is -1.98. The fourth-order valence-corrected chi connectivity index (χ4v) is 3.92. The molecule has 5 aromatic rings. The van der Waals surface area contributed by atoms with Crippen molar-refractivity contribution in [3.05, 3.63) is 83.5 Å². The number of pyridine rings is 1. The number of benzene rings is 3. The highest BCUT2D eigenvalue weighted by atomic mass is 35.5. The van der Waals surface area contributed by atoms with Crippen LogP contribution in [0.25, 0.3) is 38.8 Å². The fraction of sp³-hybridized carbons (Fsp3) is 0.120. The Labute approximate surface area is 179 Å². The van der Waals surface area contributed by atoms with E-state index < -0.39 is 0 Å². The number of fused-ring (bicyclic) bond motifs is 3. The first-order valence-corrected chi connectivity index (χ1v) is 10.3. The molecule has 2 aromatic heterocycles. The van der Waals surface area contributed by atoms with Gasteiger partial charge in [-0.1, -0.05) is 47.5 Å². The second-order valence-electron chi connectivity index (χ2n) is 7.24. The van der Waals surface area contributed by atoms with E-state index in [0.29, 0.717) is 11.6 Å². The molecule has 0 amide bonds. The number of rotatable bonds is 4. The second kappa shape index (κ2) is 7.47. The lowest BCUT2D eigenvalue weighted by Gasteiger charge is -2.08. The molecule has 5 rings (SSSR count). The maximum absolute atomic E-state index is 6.30. The molecule has 0 unspecified atom stereocenters. The topological polar surface area (TPSA) is 39.9 Å². The van der Waals surface area contributed by atoms with E-state index >= 15 is 0 Å². The summed E-state index contributed by atoms with van der Waals surface area (Å²) in [6.07, 6.45) is 1.90. The summed E-state index contributed by atoms with van der Waals surface area (Å²) in [5, 5.41) is 7.65. The van der Waals surface area contributed by atoms with Crippen LogP contribution in [-0.2, 0) is 0 Å². The molecule has 0 bridgehead atoms. The van der Waals surface area contributed by atoms with Gasteiger partial charge in [-0.3, -0.25) is 4.98 Å². The lowest BCUT2D eigenvalue weighted by molar-refractivity contribution is 0.341. The average Bonchev–Trinajstić information content (AvgIpc) is 3.15. The Hall–Kier alpha value is -3.37. The number of ether oxygens (including phenoxy) is 1. The third-order valence-electron chi connectivity index (χ3n) is 5.17. The fourth-order valence-electron chi connectivity index (χ4n) is 3.74. The second-order valence-corrected chi connectivity index (χ2v) is 7.68. The third kappa shape index (κ3) is 3.19. The van der Waals surface area contributed by atoms with Gasteiger partial charge in [0.1, 0.15) is 11.4 Å². The van der Waals surface area contributed by atoms with Crippen molar-refractivity contribution in [1.82, 2.24) is 14.8 Å². The van der Waals surface area contributed by atoms with Crippen molar-refractivity contribution in [3.8, 4) is 22.7 Å². The molecule has 30 heavy (non-hydrogen) atoms. The summed E-state index contributed by atoms with van der Waals surface area (Å²) >= 11 is 6.30. The lowest BCUT2D eigenvalue weighted by atomic mass is 10.1. The number of halogens is 1. The van der Waals surface area contributed by atoms with Gasteiger partial charge in [-0.05, 0) is 50.2 Å². The minimum absolute atomic E-state index is 0.608. The molecular formula is C25H20ClN3O. The van der Waals surface area contributed by atoms with E-state index in [1.54, 1.807) is 0 Å². The number of aryl methyl sites for hydroxylation is 1. The standard InChI is InChI=1S/C25H20ClN3O/c1-3-30-20-11-12-23-21(14-20)25-22(15-27-23)24(17-9-7-16(2)8-10-17)28-29(25)19-6-4-5-18(26)13-19/h4-15H,3H2,1-2H3. The zero-order valence-electron chi connectivity index (χ0n) is 16.8. The molecule has 0 spiro atoms. The Morgan fingerprint density at radius 2 is 1.80 bits per heavy atom. The summed E-state index contributed by atoms with van der Waals surface area (Å²) in [5.41, 5.74) is 5.93. The van der Waals surface area contributed by atoms with Crippen LogP contribution in [0, 0.1) is 6.92 Å². The van der Waals surface area contributed by atoms with Crippen molar-refractivity contribution in [3.63, 3.8) is 0 Å². The van der Waals surface area contributed by atoms with Gasteiger partial charge in [-0.2, -0.15) is 5.10 Å². The maximum atomic E-state index is 6.30. The SMILES string of the molecule is CCOc1ccc2ncc3c(-c4ccc(C)cc4)nn(-c4cccc(Cl)c4)c3c2c1. The molecular weight excluding hydrogens is 394 g/mol. The van der Waals surface area contributed by atoms with E-state index in [4.69, 9.17) is 26.4 Å². The van der Waals surface area contributed by atoms with Crippen LogP contribution < -0.4 is 4.74 Å². The normalized spacial score (nSPS) is 11.3. The van der Waals surface area contributed by atoms with Crippen LogP contribution >= 0.6 is 11.6 Å². The predicted octanol–water partition coefficient (Wildman–Crippen LogP) is 6.60. The Kier molecular flexibility index (Phi) is 4.64. The maximum Gasteiger partial charge on any atom is 0.120 e. The molecule has 5 heteroatoms. The smallest absolute Gasteiger partial charge is 0.120 e. The largest absolute Gasteiger partial charge is 0.494 e. The van der Waals surface area contributed by atoms with Crippen molar-refractivity contribution in [2.24, 2.45) is 0 Å². The predicted molar refractivity (Wildman–Crippen MR) is 123 cm³/mol. The highest BCUT2D eigenvalue weighted by Crippen LogP contribution is 2.35. The molecule has 0 saturated heterocycles. The van der Waals surface area contributed by atoms with E-state index in [1.807, 2.05) is 60.3 Å². The minimum atomic E-state index is 0.608. The first-order valence-electron chi connectivity index (χ1n) is 9.91. The highest BCUT2D eigenvalue weighted by Gasteiger charge is 2.17. The Morgan fingerprint density at radius 1 is 0.967 bits per heavy atom. The van der Waals surface area contributed by atoms with Crippen LogP contribution in [-0.4, -0.2) is 21.4 Å². The van der Waals surface area contributed by atoms with Gasteiger partial charge in [0, 0.05) is 27.6 Å².